The molecule has 0 saturated heterocycles. The molecule has 3 rings (SSSR count). The first-order valence-corrected chi connectivity index (χ1v) is 10.8. The molecule has 3 aromatic carbocycles. The third-order valence-corrected chi connectivity index (χ3v) is 4.59. The maximum atomic E-state index is 12.3. The first kappa shape index (κ1) is 24.2. The van der Waals surface area contributed by atoms with Crippen LogP contribution in [0.2, 0.25) is 0 Å². The number of nitrogens with zero attached hydrogens (tertiary/aromatic N) is 2. The average Bonchev–Trinajstić information content (AvgIpc) is 2.86. The maximum absolute atomic E-state index is 12.3. The largest absolute Gasteiger partial charge is 0.493 e. The van der Waals surface area contributed by atoms with E-state index < -0.39 is 11.8 Å². The number of ether oxygens (including phenoxy) is 2. The molecule has 8 heteroatoms. The van der Waals surface area contributed by atoms with Crippen molar-refractivity contribution in [1.82, 2.24) is 10.9 Å². The summed E-state index contributed by atoms with van der Waals surface area (Å²) in [4.78, 5) is 24.7. The fraction of sp³-hybridized carbons (Fsp3) is 0.154. The van der Waals surface area contributed by atoms with Crippen LogP contribution in [0.4, 0.5) is 0 Å². The van der Waals surface area contributed by atoms with E-state index in [9.17, 15) is 9.59 Å². The summed E-state index contributed by atoms with van der Waals surface area (Å²) in [5.41, 5.74) is 7.17. The topological polar surface area (TPSA) is 101 Å². The Bertz CT molecular complexity index is 1080. The third kappa shape index (κ3) is 6.77. The van der Waals surface area contributed by atoms with Crippen LogP contribution in [0.3, 0.4) is 0 Å². The van der Waals surface area contributed by atoms with Gasteiger partial charge in [-0.1, -0.05) is 24.3 Å². The SMILES string of the molecule is CCOc1ccccc1C=NNC(=O)c1ccc(C(=O)NN=Cc2ccccc2OCC)cc1. The zero-order valence-corrected chi connectivity index (χ0v) is 19.0. The summed E-state index contributed by atoms with van der Waals surface area (Å²) >= 11 is 0. The second-order valence-electron chi connectivity index (χ2n) is 6.92. The van der Waals surface area contributed by atoms with Crippen LogP contribution in [0.1, 0.15) is 45.7 Å². The molecule has 0 fully saturated rings. The predicted molar refractivity (Wildman–Crippen MR) is 132 cm³/mol. The summed E-state index contributed by atoms with van der Waals surface area (Å²) in [5.74, 6) is 0.565. The molecule has 0 aliphatic rings. The fourth-order valence-corrected chi connectivity index (χ4v) is 2.97. The molecule has 0 atom stereocenters. The highest BCUT2D eigenvalue weighted by molar-refractivity contribution is 5.98. The zero-order chi connectivity index (χ0) is 24.2. The van der Waals surface area contributed by atoms with E-state index in [2.05, 4.69) is 21.1 Å². The summed E-state index contributed by atoms with van der Waals surface area (Å²) in [6.45, 7) is 4.85. The number of carbonyl (C=O) groups excluding carboxylic acids is 2. The molecule has 2 N–H and O–H groups in total. The van der Waals surface area contributed by atoms with Gasteiger partial charge in [0.2, 0.25) is 0 Å². The molecule has 34 heavy (non-hydrogen) atoms. The molecule has 0 aliphatic carbocycles. The van der Waals surface area contributed by atoms with E-state index in [1.54, 1.807) is 24.3 Å². The van der Waals surface area contributed by atoms with Gasteiger partial charge in [-0.25, -0.2) is 10.9 Å². The van der Waals surface area contributed by atoms with Crippen molar-refractivity contribution < 1.29 is 19.1 Å². The van der Waals surface area contributed by atoms with Crippen molar-refractivity contribution in [1.29, 1.82) is 0 Å². The van der Waals surface area contributed by atoms with Gasteiger partial charge in [-0.3, -0.25) is 9.59 Å². The molecular weight excluding hydrogens is 432 g/mol. The number of benzene rings is 3. The Labute approximate surface area is 198 Å². The Kier molecular flexibility index (Phi) is 8.92. The molecule has 0 aliphatic heterocycles. The van der Waals surface area contributed by atoms with E-state index in [-0.39, 0.29) is 0 Å². The summed E-state index contributed by atoms with van der Waals surface area (Å²) in [6, 6.07) is 21.0. The van der Waals surface area contributed by atoms with Gasteiger partial charge in [0.05, 0.1) is 25.6 Å². The van der Waals surface area contributed by atoms with Crippen molar-refractivity contribution in [3.63, 3.8) is 0 Å². The molecule has 0 unspecified atom stereocenters. The minimum Gasteiger partial charge on any atom is -0.493 e. The van der Waals surface area contributed by atoms with Gasteiger partial charge in [-0.15, -0.1) is 0 Å². The van der Waals surface area contributed by atoms with Crippen LogP contribution < -0.4 is 20.3 Å². The van der Waals surface area contributed by atoms with E-state index in [0.717, 1.165) is 11.1 Å². The van der Waals surface area contributed by atoms with E-state index in [0.29, 0.717) is 35.8 Å². The van der Waals surface area contributed by atoms with Crippen LogP contribution in [0.25, 0.3) is 0 Å². The molecule has 0 spiro atoms. The smallest absolute Gasteiger partial charge is 0.271 e. The third-order valence-electron chi connectivity index (χ3n) is 4.59. The van der Waals surface area contributed by atoms with Crippen LogP contribution in [-0.4, -0.2) is 37.5 Å². The van der Waals surface area contributed by atoms with Crippen molar-refractivity contribution in [2.75, 3.05) is 13.2 Å². The number of carbonyl (C=O) groups is 2. The quantitative estimate of drug-likeness (QED) is 0.354. The number of hydrogen-bond donors (Lipinski definition) is 2. The summed E-state index contributed by atoms with van der Waals surface area (Å²) in [7, 11) is 0. The van der Waals surface area contributed by atoms with E-state index >= 15 is 0 Å². The van der Waals surface area contributed by atoms with Crippen molar-refractivity contribution in [2.24, 2.45) is 10.2 Å². The number of hydrogen-bond acceptors (Lipinski definition) is 6. The van der Waals surface area contributed by atoms with Crippen molar-refractivity contribution in [3.05, 3.63) is 95.1 Å². The zero-order valence-electron chi connectivity index (χ0n) is 19.0. The molecule has 3 aromatic rings. The number of amides is 2. The Morgan fingerprint density at radius 1 is 0.676 bits per heavy atom. The number of rotatable bonds is 10. The minimum absolute atomic E-state index is 0.362. The fourth-order valence-electron chi connectivity index (χ4n) is 2.97. The molecule has 0 aromatic heterocycles. The van der Waals surface area contributed by atoms with Gasteiger partial charge in [0.25, 0.3) is 11.8 Å². The van der Waals surface area contributed by atoms with Gasteiger partial charge < -0.3 is 9.47 Å². The standard InChI is InChI=1S/C26H26N4O4/c1-3-33-23-11-7-5-9-21(23)17-27-29-25(31)19-13-15-20(16-14-19)26(32)30-28-18-22-10-6-8-12-24(22)34-4-2/h5-18H,3-4H2,1-2H3,(H,29,31)(H,30,32). The highest BCUT2D eigenvalue weighted by Crippen LogP contribution is 2.16. The normalized spacial score (nSPS) is 10.9. The monoisotopic (exact) mass is 458 g/mol. The molecule has 174 valence electrons. The van der Waals surface area contributed by atoms with Gasteiger partial charge in [0.15, 0.2) is 0 Å². The number of hydrazone groups is 2. The van der Waals surface area contributed by atoms with Crippen LogP contribution in [0.15, 0.2) is 83.0 Å². The molecule has 0 saturated carbocycles. The van der Waals surface area contributed by atoms with Crippen molar-refractivity contribution in [3.8, 4) is 11.5 Å². The average molecular weight is 459 g/mol. The van der Waals surface area contributed by atoms with Gasteiger partial charge in [-0.05, 0) is 62.4 Å². The minimum atomic E-state index is -0.400. The van der Waals surface area contributed by atoms with Crippen LogP contribution in [-0.2, 0) is 0 Å². The van der Waals surface area contributed by atoms with Crippen molar-refractivity contribution >= 4 is 24.2 Å². The lowest BCUT2D eigenvalue weighted by molar-refractivity contribution is 0.0943. The second kappa shape index (κ2) is 12.5. The molecular formula is C26H26N4O4. The Balaban J connectivity index is 1.56. The van der Waals surface area contributed by atoms with Crippen LogP contribution >= 0.6 is 0 Å². The Morgan fingerprint density at radius 2 is 1.06 bits per heavy atom. The number of nitrogens with one attached hydrogen (secondary N) is 2. The molecule has 0 radical (unpaired) electrons. The first-order chi connectivity index (χ1) is 16.6. The van der Waals surface area contributed by atoms with E-state index in [4.69, 9.17) is 9.47 Å². The van der Waals surface area contributed by atoms with Gasteiger partial charge in [-0.2, -0.15) is 10.2 Å². The summed E-state index contributed by atoms with van der Waals surface area (Å²) < 4.78 is 11.1. The maximum Gasteiger partial charge on any atom is 0.271 e. The summed E-state index contributed by atoms with van der Waals surface area (Å²) in [5, 5.41) is 7.99. The highest BCUT2D eigenvalue weighted by Gasteiger charge is 2.08. The molecule has 2 amide bonds. The first-order valence-electron chi connectivity index (χ1n) is 10.8. The molecule has 0 heterocycles. The van der Waals surface area contributed by atoms with E-state index in [1.165, 1.54) is 12.4 Å². The second-order valence-corrected chi connectivity index (χ2v) is 6.92. The van der Waals surface area contributed by atoms with Crippen LogP contribution in [0, 0.1) is 0 Å². The Morgan fingerprint density at radius 3 is 1.44 bits per heavy atom. The summed E-state index contributed by atoms with van der Waals surface area (Å²) in [6.07, 6.45) is 3.04. The molecule has 0 bridgehead atoms. The molecule has 8 nitrogen and oxygen atoms in total. The van der Waals surface area contributed by atoms with Gasteiger partial charge in [0, 0.05) is 22.3 Å². The van der Waals surface area contributed by atoms with Gasteiger partial charge in [0.1, 0.15) is 11.5 Å². The van der Waals surface area contributed by atoms with Crippen LogP contribution in [0.5, 0.6) is 11.5 Å². The van der Waals surface area contributed by atoms with E-state index in [1.807, 2.05) is 62.4 Å². The lowest BCUT2D eigenvalue weighted by Gasteiger charge is -2.06. The highest BCUT2D eigenvalue weighted by atomic mass is 16.5. The predicted octanol–water partition coefficient (Wildman–Crippen LogP) is 4.01. The van der Waals surface area contributed by atoms with Crippen molar-refractivity contribution in [2.45, 2.75) is 13.8 Å². The Hall–Kier alpha value is -4.46. The van der Waals surface area contributed by atoms with Gasteiger partial charge >= 0.3 is 0 Å². The lowest BCUT2D eigenvalue weighted by Crippen LogP contribution is -2.19. The lowest BCUT2D eigenvalue weighted by atomic mass is 10.1. The number of para-hydroxylation sites is 2.